The maximum atomic E-state index is 12.0. The number of rotatable bonds is 7. The van der Waals surface area contributed by atoms with Crippen LogP contribution in [0.1, 0.15) is 38.2 Å². The molecule has 0 bridgehead atoms. The van der Waals surface area contributed by atoms with Crippen LogP contribution in [0, 0.1) is 0 Å². The molecule has 2 N–H and O–H groups in total. The predicted molar refractivity (Wildman–Crippen MR) is 94.2 cm³/mol. The quantitative estimate of drug-likeness (QED) is 0.809. The van der Waals surface area contributed by atoms with Crippen molar-refractivity contribution in [3.8, 4) is 5.88 Å². The Morgan fingerprint density at radius 1 is 1.40 bits per heavy atom. The molecule has 0 radical (unpaired) electrons. The summed E-state index contributed by atoms with van der Waals surface area (Å²) in [5.41, 5.74) is 0.939. The third-order valence-corrected chi connectivity index (χ3v) is 4.24. The van der Waals surface area contributed by atoms with Gasteiger partial charge in [0, 0.05) is 37.2 Å². The van der Waals surface area contributed by atoms with E-state index >= 15 is 0 Å². The molecule has 7 heteroatoms. The van der Waals surface area contributed by atoms with Crippen LogP contribution in [0.2, 0.25) is 0 Å². The van der Waals surface area contributed by atoms with Gasteiger partial charge >= 0.3 is 6.03 Å². The molecule has 1 saturated carbocycles. The fourth-order valence-corrected chi connectivity index (χ4v) is 2.95. The highest BCUT2D eigenvalue weighted by Crippen LogP contribution is 2.22. The van der Waals surface area contributed by atoms with E-state index in [1.165, 1.54) is 12.8 Å². The molecule has 1 fully saturated rings. The van der Waals surface area contributed by atoms with Crippen LogP contribution in [0.5, 0.6) is 5.88 Å². The summed E-state index contributed by atoms with van der Waals surface area (Å²) in [6, 6.07) is 5.45. The second kappa shape index (κ2) is 8.50. The first-order chi connectivity index (χ1) is 12.2. The van der Waals surface area contributed by atoms with Crippen LogP contribution in [0.25, 0.3) is 0 Å². The Morgan fingerprint density at radius 2 is 2.24 bits per heavy atom. The monoisotopic (exact) mass is 343 g/mol. The summed E-state index contributed by atoms with van der Waals surface area (Å²) in [5, 5.41) is 9.86. The van der Waals surface area contributed by atoms with E-state index in [0.29, 0.717) is 25.1 Å². The lowest BCUT2D eigenvalue weighted by atomic mass is 10.3. The highest BCUT2D eigenvalue weighted by Gasteiger charge is 2.16. The van der Waals surface area contributed by atoms with Crippen molar-refractivity contribution in [3.05, 3.63) is 42.4 Å². The molecule has 25 heavy (non-hydrogen) atoms. The number of amides is 2. The SMILES string of the molecule is CC(Cn1cccn1)NC(=O)NCc1ccc(OC2CCCC2)nc1. The summed E-state index contributed by atoms with van der Waals surface area (Å²) in [4.78, 5) is 16.3. The third kappa shape index (κ3) is 5.48. The Morgan fingerprint density at radius 3 is 2.92 bits per heavy atom. The van der Waals surface area contributed by atoms with Gasteiger partial charge in [0.2, 0.25) is 5.88 Å². The number of carbonyl (C=O) groups excluding carboxylic acids is 1. The first-order valence-corrected chi connectivity index (χ1v) is 8.82. The molecule has 0 aliphatic heterocycles. The molecule has 1 atom stereocenters. The molecule has 2 heterocycles. The summed E-state index contributed by atoms with van der Waals surface area (Å²) in [6.45, 7) is 3.00. The van der Waals surface area contributed by atoms with Gasteiger partial charge in [0.15, 0.2) is 0 Å². The van der Waals surface area contributed by atoms with Crippen LogP contribution in [0.4, 0.5) is 4.79 Å². The second-order valence-electron chi connectivity index (χ2n) is 6.49. The number of pyridine rings is 1. The van der Waals surface area contributed by atoms with Crippen molar-refractivity contribution in [3.63, 3.8) is 0 Å². The number of aromatic nitrogens is 3. The Labute approximate surface area is 147 Å². The van der Waals surface area contributed by atoms with E-state index in [0.717, 1.165) is 18.4 Å². The molecule has 7 nitrogen and oxygen atoms in total. The van der Waals surface area contributed by atoms with Gasteiger partial charge in [0.1, 0.15) is 6.10 Å². The van der Waals surface area contributed by atoms with Crippen LogP contribution in [0.15, 0.2) is 36.8 Å². The van der Waals surface area contributed by atoms with Crippen LogP contribution >= 0.6 is 0 Å². The molecule has 0 spiro atoms. The Kier molecular flexibility index (Phi) is 5.87. The summed E-state index contributed by atoms with van der Waals surface area (Å²) < 4.78 is 7.63. The molecule has 2 aromatic heterocycles. The minimum Gasteiger partial charge on any atom is -0.474 e. The van der Waals surface area contributed by atoms with Gasteiger partial charge in [0.05, 0.1) is 6.54 Å². The molecule has 0 aromatic carbocycles. The minimum atomic E-state index is -0.203. The highest BCUT2D eigenvalue weighted by atomic mass is 16.5. The summed E-state index contributed by atoms with van der Waals surface area (Å²) in [5.74, 6) is 0.660. The fourth-order valence-electron chi connectivity index (χ4n) is 2.95. The van der Waals surface area contributed by atoms with E-state index < -0.39 is 0 Å². The van der Waals surface area contributed by atoms with Crippen molar-refractivity contribution < 1.29 is 9.53 Å². The Bertz CT molecular complexity index is 651. The number of nitrogens with zero attached hydrogens (tertiary/aromatic N) is 3. The first-order valence-electron chi connectivity index (χ1n) is 8.82. The number of nitrogens with one attached hydrogen (secondary N) is 2. The standard InChI is InChI=1S/C18H25N5O2/c1-14(13-23-10-4-9-21-23)22-18(24)20-12-15-7-8-17(19-11-15)25-16-5-2-3-6-16/h4,7-11,14,16H,2-3,5-6,12-13H2,1H3,(H2,20,22,24). The molecule has 3 rings (SSSR count). The zero-order chi connectivity index (χ0) is 17.5. The van der Waals surface area contributed by atoms with Gasteiger partial charge in [-0.2, -0.15) is 5.10 Å². The molecular formula is C18H25N5O2. The van der Waals surface area contributed by atoms with Crippen LogP contribution in [0.3, 0.4) is 0 Å². The summed E-state index contributed by atoms with van der Waals surface area (Å²) >= 11 is 0. The van der Waals surface area contributed by atoms with Crippen LogP contribution in [-0.2, 0) is 13.1 Å². The number of carbonyl (C=O) groups is 1. The fraction of sp³-hybridized carbons (Fsp3) is 0.500. The van der Waals surface area contributed by atoms with Crippen LogP contribution < -0.4 is 15.4 Å². The van der Waals surface area contributed by atoms with E-state index in [4.69, 9.17) is 4.74 Å². The Balaban J connectivity index is 1.39. The van der Waals surface area contributed by atoms with E-state index in [9.17, 15) is 4.79 Å². The van der Waals surface area contributed by atoms with Gasteiger partial charge in [-0.25, -0.2) is 9.78 Å². The normalized spacial score (nSPS) is 15.7. The molecule has 2 aromatic rings. The Hall–Kier alpha value is -2.57. The van der Waals surface area contributed by atoms with Crippen molar-refractivity contribution in [2.75, 3.05) is 0 Å². The average Bonchev–Trinajstić information content (AvgIpc) is 3.28. The van der Waals surface area contributed by atoms with E-state index in [2.05, 4.69) is 20.7 Å². The molecule has 134 valence electrons. The first kappa shape index (κ1) is 17.3. The molecule has 1 aliphatic rings. The van der Waals surface area contributed by atoms with Crippen LogP contribution in [-0.4, -0.2) is 32.9 Å². The lowest BCUT2D eigenvalue weighted by Crippen LogP contribution is -2.42. The molecule has 0 saturated heterocycles. The van der Waals surface area contributed by atoms with Crippen molar-refractivity contribution in [1.29, 1.82) is 0 Å². The average molecular weight is 343 g/mol. The summed E-state index contributed by atoms with van der Waals surface area (Å²) in [6.07, 6.45) is 10.3. The van der Waals surface area contributed by atoms with Gasteiger partial charge in [0.25, 0.3) is 0 Å². The van der Waals surface area contributed by atoms with E-state index in [-0.39, 0.29) is 12.1 Å². The molecule has 1 aliphatic carbocycles. The number of hydrogen-bond donors (Lipinski definition) is 2. The van der Waals surface area contributed by atoms with Crippen molar-refractivity contribution in [2.45, 2.75) is 57.8 Å². The van der Waals surface area contributed by atoms with Gasteiger partial charge in [-0.15, -0.1) is 0 Å². The highest BCUT2D eigenvalue weighted by molar-refractivity contribution is 5.74. The van der Waals surface area contributed by atoms with Crippen molar-refractivity contribution in [1.82, 2.24) is 25.4 Å². The minimum absolute atomic E-state index is 0.0137. The van der Waals surface area contributed by atoms with Crippen molar-refractivity contribution >= 4 is 6.03 Å². The van der Waals surface area contributed by atoms with Gasteiger partial charge in [-0.1, -0.05) is 6.07 Å². The second-order valence-corrected chi connectivity index (χ2v) is 6.49. The predicted octanol–water partition coefficient (Wildman–Crippen LogP) is 2.49. The van der Waals surface area contributed by atoms with E-state index in [1.807, 2.05) is 31.3 Å². The lowest BCUT2D eigenvalue weighted by Gasteiger charge is -2.15. The zero-order valence-electron chi connectivity index (χ0n) is 14.5. The van der Waals surface area contributed by atoms with Gasteiger partial charge < -0.3 is 15.4 Å². The number of ether oxygens (including phenoxy) is 1. The maximum Gasteiger partial charge on any atom is 0.315 e. The molecule has 1 unspecified atom stereocenters. The number of hydrogen-bond acceptors (Lipinski definition) is 4. The van der Waals surface area contributed by atoms with Gasteiger partial charge in [-0.3, -0.25) is 4.68 Å². The van der Waals surface area contributed by atoms with Gasteiger partial charge in [-0.05, 0) is 44.2 Å². The van der Waals surface area contributed by atoms with E-state index in [1.54, 1.807) is 17.1 Å². The van der Waals surface area contributed by atoms with Crippen molar-refractivity contribution in [2.24, 2.45) is 0 Å². The lowest BCUT2D eigenvalue weighted by molar-refractivity contribution is 0.201. The largest absolute Gasteiger partial charge is 0.474 e. The molecule has 2 amide bonds. The number of urea groups is 1. The summed E-state index contributed by atoms with van der Waals surface area (Å²) in [7, 11) is 0. The topological polar surface area (TPSA) is 81.1 Å². The zero-order valence-corrected chi connectivity index (χ0v) is 14.5. The smallest absolute Gasteiger partial charge is 0.315 e. The third-order valence-electron chi connectivity index (χ3n) is 4.24. The maximum absolute atomic E-state index is 12.0. The molecular weight excluding hydrogens is 318 g/mol.